The summed E-state index contributed by atoms with van der Waals surface area (Å²) in [5.74, 6) is 1.33. The van der Waals surface area contributed by atoms with Crippen molar-refractivity contribution in [3.8, 4) is 23.6 Å². The number of nitriles is 2. The van der Waals surface area contributed by atoms with E-state index in [9.17, 15) is 20.1 Å². The Balaban J connectivity index is 1.68. The zero-order chi connectivity index (χ0) is 41.0. The van der Waals surface area contributed by atoms with Crippen LogP contribution in [0.1, 0.15) is 63.5 Å². The SMILES string of the molecule is COc1ccc(C(OC[C@H]2O[C@@H](n3ccc(=O)[nH]c3=O)[C@H](OCCC#N)[C@@H]2OP(OCCC#N)N(C(C)C)C(C)C)(c2ccccc2)c2ccc(OC)cc2)cc1. The molecule has 5 rings (SSSR count). The molecule has 302 valence electrons. The second kappa shape index (κ2) is 20.5. The van der Waals surface area contributed by atoms with E-state index in [0.717, 1.165) is 16.7 Å². The van der Waals surface area contributed by atoms with Gasteiger partial charge in [0.25, 0.3) is 14.1 Å². The number of benzene rings is 3. The summed E-state index contributed by atoms with van der Waals surface area (Å²) in [6.07, 6.45) is -2.40. The van der Waals surface area contributed by atoms with Gasteiger partial charge in [-0.1, -0.05) is 54.6 Å². The molecule has 4 aromatic rings. The third kappa shape index (κ3) is 10.2. The fourth-order valence-electron chi connectivity index (χ4n) is 6.92. The Morgan fingerprint density at radius 1 is 0.807 bits per heavy atom. The van der Waals surface area contributed by atoms with Crippen molar-refractivity contribution in [2.24, 2.45) is 0 Å². The Morgan fingerprint density at radius 3 is 1.89 bits per heavy atom. The van der Waals surface area contributed by atoms with Crippen LogP contribution in [0.15, 0.2) is 101 Å². The normalized spacial score (nSPS) is 18.7. The van der Waals surface area contributed by atoms with Crippen LogP contribution in [0.4, 0.5) is 0 Å². The van der Waals surface area contributed by atoms with Crippen LogP contribution in [0.5, 0.6) is 11.5 Å². The van der Waals surface area contributed by atoms with Gasteiger partial charge < -0.3 is 32.7 Å². The Hall–Kier alpha value is -4.89. The van der Waals surface area contributed by atoms with E-state index >= 15 is 0 Å². The van der Waals surface area contributed by atoms with E-state index in [0.29, 0.717) is 11.5 Å². The van der Waals surface area contributed by atoms with Crippen molar-refractivity contribution in [2.75, 3.05) is 34.0 Å². The quantitative estimate of drug-likeness (QED) is 0.0592. The van der Waals surface area contributed by atoms with Crippen LogP contribution in [0.2, 0.25) is 0 Å². The molecule has 1 unspecified atom stereocenters. The molecule has 0 saturated carbocycles. The topological polar surface area (TPSA) is 170 Å². The van der Waals surface area contributed by atoms with Crippen molar-refractivity contribution >= 4 is 8.53 Å². The lowest BCUT2D eigenvalue weighted by Gasteiger charge is -2.39. The van der Waals surface area contributed by atoms with Crippen molar-refractivity contribution in [1.29, 1.82) is 10.5 Å². The highest BCUT2D eigenvalue weighted by atomic mass is 31.2. The Morgan fingerprint density at radius 2 is 1.37 bits per heavy atom. The van der Waals surface area contributed by atoms with Crippen molar-refractivity contribution in [2.45, 2.75) is 82.8 Å². The number of ether oxygens (including phenoxy) is 5. The number of hydrogen-bond acceptors (Lipinski definition) is 12. The maximum Gasteiger partial charge on any atom is 0.330 e. The molecule has 0 amide bonds. The van der Waals surface area contributed by atoms with E-state index in [-0.39, 0.29) is 44.7 Å². The van der Waals surface area contributed by atoms with Gasteiger partial charge in [-0.05, 0) is 68.7 Å². The molecule has 2 heterocycles. The number of nitrogens with one attached hydrogen (secondary N) is 1. The third-order valence-corrected chi connectivity index (χ3v) is 11.6. The van der Waals surface area contributed by atoms with Gasteiger partial charge in [-0.2, -0.15) is 10.5 Å². The molecule has 0 spiro atoms. The van der Waals surface area contributed by atoms with Crippen LogP contribution in [-0.2, 0) is 28.9 Å². The molecule has 1 N–H and O–H groups in total. The standard InChI is InChI=1S/C42H50N5O9P/c1-29(2)47(30(3)4)57(54-27-11-24-44)56-38-36(55-40(39(38)52-26-10-23-43)46-25-22-37(48)45-41(46)49)28-53-42(31-12-8-7-9-13-31,32-14-18-34(50-5)19-15-32)33-16-20-35(51-6)21-17-33/h7-9,12-22,25,29-30,36,38-40H,10-11,26-28H2,1-6H3,(H,45,48,49)/t36-,38-,39-,40-,57?/m1/s1. The number of hydrogen-bond donors (Lipinski definition) is 1. The predicted molar refractivity (Wildman–Crippen MR) is 214 cm³/mol. The van der Waals surface area contributed by atoms with Crippen molar-refractivity contribution in [3.05, 3.63) is 129 Å². The second-order valence-electron chi connectivity index (χ2n) is 13.8. The van der Waals surface area contributed by atoms with Gasteiger partial charge in [0.2, 0.25) is 0 Å². The average Bonchev–Trinajstić information content (AvgIpc) is 3.54. The van der Waals surface area contributed by atoms with E-state index in [1.807, 2.05) is 107 Å². The van der Waals surface area contributed by atoms with Crippen LogP contribution in [0.3, 0.4) is 0 Å². The number of aromatic nitrogens is 2. The maximum absolute atomic E-state index is 13.3. The minimum absolute atomic E-state index is 0.00348. The van der Waals surface area contributed by atoms with Crippen LogP contribution in [0, 0.1) is 22.7 Å². The molecule has 1 aromatic heterocycles. The highest BCUT2D eigenvalue weighted by Gasteiger charge is 2.51. The molecule has 0 radical (unpaired) electrons. The van der Waals surface area contributed by atoms with Gasteiger partial charge in [-0.15, -0.1) is 0 Å². The van der Waals surface area contributed by atoms with Crippen molar-refractivity contribution in [1.82, 2.24) is 14.2 Å². The number of H-pyrrole nitrogens is 1. The van der Waals surface area contributed by atoms with Gasteiger partial charge in [0.15, 0.2) is 6.23 Å². The summed E-state index contributed by atoms with van der Waals surface area (Å²) in [6.45, 7) is 8.12. The summed E-state index contributed by atoms with van der Waals surface area (Å²) in [5, 5.41) is 18.9. The largest absolute Gasteiger partial charge is 0.497 e. The number of aromatic amines is 1. The molecular formula is C42H50N5O9P. The molecule has 1 fully saturated rings. The summed E-state index contributed by atoms with van der Waals surface area (Å²) < 4.78 is 48.1. The summed E-state index contributed by atoms with van der Waals surface area (Å²) in [4.78, 5) is 27.8. The highest BCUT2D eigenvalue weighted by molar-refractivity contribution is 7.44. The zero-order valence-electron chi connectivity index (χ0n) is 33.1. The van der Waals surface area contributed by atoms with E-state index in [1.165, 1.54) is 16.8 Å². The van der Waals surface area contributed by atoms with Crippen molar-refractivity contribution < 1.29 is 32.7 Å². The molecule has 0 aliphatic carbocycles. The van der Waals surface area contributed by atoms with Crippen LogP contribution in [0.25, 0.3) is 0 Å². The minimum atomic E-state index is -1.85. The smallest absolute Gasteiger partial charge is 0.330 e. The monoisotopic (exact) mass is 799 g/mol. The predicted octanol–water partition coefficient (Wildman–Crippen LogP) is 6.42. The lowest BCUT2D eigenvalue weighted by Crippen LogP contribution is -2.43. The summed E-state index contributed by atoms with van der Waals surface area (Å²) in [5.41, 5.74) is -0.117. The molecule has 14 nitrogen and oxygen atoms in total. The highest BCUT2D eigenvalue weighted by Crippen LogP contribution is 2.51. The van der Waals surface area contributed by atoms with E-state index in [2.05, 4.69) is 21.8 Å². The first-order valence-electron chi connectivity index (χ1n) is 18.8. The van der Waals surface area contributed by atoms with Gasteiger partial charge in [-0.3, -0.25) is 14.3 Å². The molecule has 0 bridgehead atoms. The molecule has 57 heavy (non-hydrogen) atoms. The first kappa shape index (κ1) is 43.2. The van der Waals surface area contributed by atoms with E-state index < -0.39 is 49.9 Å². The Bertz CT molecular complexity index is 2010. The molecule has 1 aliphatic heterocycles. The fraction of sp³-hybridized carbons (Fsp3) is 0.429. The van der Waals surface area contributed by atoms with E-state index in [4.69, 9.17) is 32.7 Å². The summed E-state index contributed by atoms with van der Waals surface area (Å²) in [7, 11) is 1.36. The third-order valence-electron chi connectivity index (χ3n) is 9.45. The average molecular weight is 800 g/mol. The minimum Gasteiger partial charge on any atom is -0.497 e. The van der Waals surface area contributed by atoms with Gasteiger partial charge in [0.1, 0.15) is 35.4 Å². The first-order chi connectivity index (χ1) is 27.6. The molecule has 5 atom stereocenters. The van der Waals surface area contributed by atoms with Crippen molar-refractivity contribution in [3.63, 3.8) is 0 Å². The number of nitrogens with zero attached hydrogens (tertiary/aromatic N) is 4. The number of rotatable bonds is 20. The molecule has 15 heteroatoms. The first-order valence-corrected chi connectivity index (χ1v) is 19.9. The Labute approximate surface area is 334 Å². The maximum atomic E-state index is 13.3. The fourth-order valence-corrected chi connectivity index (χ4v) is 8.69. The lowest BCUT2D eigenvalue weighted by atomic mass is 9.80. The van der Waals surface area contributed by atoms with Crippen LogP contribution < -0.4 is 20.7 Å². The summed E-state index contributed by atoms with van der Waals surface area (Å²) >= 11 is 0. The van der Waals surface area contributed by atoms with Gasteiger partial charge in [0, 0.05) is 24.3 Å². The molecular weight excluding hydrogens is 749 g/mol. The van der Waals surface area contributed by atoms with Crippen LogP contribution in [-0.4, -0.2) is 78.7 Å². The summed E-state index contributed by atoms with van der Waals surface area (Å²) in [6, 6.07) is 30.4. The zero-order valence-corrected chi connectivity index (χ0v) is 34.0. The van der Waals surface area contributed by atoms with Gasteiger partial charge in [-0.25, -0.2) is 9.46 Å². The van der Waals surface area contributed by atoms with Crippen LogP contribution >= 0.6 is 8.53 Å². The molecule has 1 saturated heterocycles. The second-order valence-corrected chi connectivity index (χ2v) is 15.2. The Kier molecular flexibility index (Phi) is 15.6. The molecule has 3 aromatic carbocycles. The number of methoxy groups -OCH3 is 2. The molecule has 1 aliphatic rings. The lowest BCUT2D eigenvalue weighted by molar-refractivity contribution is -0.0974. The van der Waals surface area contributed by atoms with Gasteiger partial charge >= 0.3 is 5.69 Å². The van der Waals surface area contributed by atoms with E-state index in [1.54, 1.807) is 14.2 Å². The van der Waals surface area contributed by atoms with Gasteiger partial charge in [0.05, 0.1) is 59.0 Å².